The van der Waals surface area contributed by atoms with Gasteiger partial charge in [-0.15, -0.1) is 0 Å². The van der Waals surface area contributed by atoms with Crippen LogP contribution in [0.2, 0.25) is 5.02 Å². The molecule has 7 nitrogen and oxygen atoms in total. The number of allylic oxidation sites excluding steroid dienone is 1. The molecule has 3 heterocycles. The van der Waals surface area contributed by atoms with Gasteiger partial charge in [0, 0.05) is 22.3 Å². The lowest BCUT2D eigenvalue weighted by atomic mass is 9.95. The highest BCUT2D eigenvalue weighted by atomic mass is 35.5. The van der Waals surface area contributed by atoms with Crippen molar-refractivity contribution in [1.29, 1.82) is 0 Å². The molecule has 0 bridgehead atoms. The Kier molecular flexibility index (Phi) is 7.49. The third kappa shape index (κ3) is 5.15. The van der Waals surface area contributed by atoms with Gasteiger partial charge in [0.05, 0.1) is 34.1 Å². The number of hydrogen-bond donors (Lipinski definition) is 0. The molecule has 0 N–H and O–H groups in total. The Morgan fingerprint density at radius 3 is 2.43 bits per heavy atom. The number of carbonyl (C=O) groups is 1. The highest BCUT2D eigenvalue weighted by molar-refractivity contribution is 7.07. The van der Waals surface area contributed by atoms with Crippen molar-refractivity contribution in [2.75, 3.05) is 6.61 Å². The first-order valence-corrected chi connectivity index (χ1v) is 14.7. The average molecular weight is 595 g/mol. The summed E-state index contributed by atoms with van der Waals surface area (Å²) in [6.45, 7) is 5.76. The molecule has 1 aliphatic rings. The number of nitrogens with zero attached hydrogens (tertiary/aromatic N) is 4. The van der Waals surface area contributed by atoms with Crippen molar-refractivity contribution in [3.63, 3.8) is 0 Å². The number of ether oxygens (including phenoxy) is 1. The first-order chi connectivity index (χ1) is 20.3. The van der Waals surface area contributed by atoms with Crippen LogP contribution in [0.1, 0.15) is 36.6 Å². The Morgan fingerprint density at radius 1 is 1.02 bits per heavy atom. The molecular formula is C33H27ClN4O3S. The van der Waals surface area contributed by atoms with Gasteiger partial charge in [-0.25, -0.2) is 14.5 Å². The second-order valence-electron chi connectivity index (χ2n) is 9.93. The van der Waals surface area contributed by atoms with E-state index in [1.54, 1.807) is 23.1 Å². The number of para-hydroxylation sites is 1. The predicted octanol–water partition coefficient (Wildman–Crippen LogP) is 5.61. The van der Waals surface area contributed by atoms with Crippen LogP contribution in [0.3, 0.4) is 0 Å². The fourth-order valence-corrected chi connectivity index (χ4v) is 6.20. The van der Waals surface area contributed by atoms with Crippen molar-refractivity contribution >= 4 is 35.0 Å². The topological polar surface area (TPSA) is 78.5 Å². The summed E-state index contributed by atoms with van der Waals surface area (Å²) in [6, 6.07) is 24.4. The monoisotopic (exact) mass is 594 g/mol. The van der Waals surface area contributed by atoms with E-state index in [0.29, 0.717) is 31.3 Å². The van der Waals surface area contributed by atoms with Gasteiger partial charge < -0.3 is 4.74 Å². The minimum absolute atomic E-state index is 0.222. The second kappa shape index (κ2) is 11.4. The maximum Gasteiger partial charge on any atom is 0.338 e. The molecule has 3 aromatic carbocycles. The number of fused-ring (bicyclic) bond motifs is 1. The van der Waals surface area contributed by atoms with Gasteiger partial charge in [-0.3, -0.25) is 9.36 Å². The number of carbonyl (C=O) groups excluding carboxylic acids is 1. The van der Waals surface area contributed by atoms with Crippen LogP contribution in [0.4, 0.5) is 0 Å². The minimum Gasteiger partial charge on any atom is -0.463 e. The number of aryl methyl sites for hydroxylation is 1. The van der Waals surface area contributed by atoms with Crippen molar-refractivity contribution in [1.82, 2.24) is 14.3 Å². The van der Waals surface area contributed by atoms with E-state index in [2.05, 4.69) is 0 Å². The number of halogens is 1. The average Bonchev–Trinajstić information content (AvgIpc) is 3.54. The normalized spacial score (nSPS) is 15.0. The van der Waals surface area contributed by atoms with Crippen LogP contribution < -0.4 is 14.9 Å². The van der Waals surface area contributed by atoms with Crippen LogP contribution in [0.5, 0.6) is 0 Å². The maximum atomic E-state index is 14.1. The lowest BCUT2D eigenvalue weighted by Gasteiger charge is -2.24. The largest absolute Gasteiger partial charge is 0.463 e. The molecule has 1 aliphatic heterocycles. The Bertz CT molecular complexity index is 2000. The molecule has 0 aliphatic carbocycles. The van der Waals surface area contributed by atoms with Gasteiger partial charge in [0.25, 0.3) is 5.56 Å². The molecule has 0 radical (unpaired) electrons. The molecule has 0 saturated carbocycles. The second-order valence-corrected chi connectivity index (χ2v) is 11.4. The molecule has 5 aromatic rings. The van der Waals surface area contributed by atoms with Gasteiger partial charge in [-0.2, -0.15) is 5.10 Å². The molecular weight excluding hydrogens is 568 g/mol. The van der Waals surface area contributed by atoms with E-state index in [-0.39, 0.29) is 12.2 Å². The third-order valence-electron chi connectivity index (χ3n) is 7.08. The predicted molar refractivity (Wildman–Crippen MR) is 166 cm³/mol. The molecule has 42 heavy (non-hydrogen) atoms. The zero-order chi connectivity index (χ0) is 29.4. The fraction of sp³-hybridized carbons (Fsp3) is 0.152. The van der Waals surface area contributed by atoms with Crippen LogP contribution >= 0.6 is 22.9 Å². The highest BCUT2D eigenvalue weighted by Crippen LogP contribution is 2.31. The van der Waals surface area contributed by atoms with Crippen LogP contribution in [0.15, 0.2) is 106 Å². The minimum atomic E-state index is -0.661. The fourth-order valence-electron chi connectivity index (χ4n) is 5.03. The third-order valence-corrected chi connectivity index (χ3v) is 8.31. The summed E-state index contributed by atoms with van der Waals surface area (Å²) in [7, 11) is 0. The van der Waals surface area contributed by atoms with E-state index in [4.69, 9.17) is 26.4 Å². The molecule has 0 fully saturated rings. The van der Waals surface area contributed by atoms with E-state index < -0.39 is 12.0 Å². The molecule has 0 unspecified atom stereocenters. The summed E-state index contributed by atoms with van der Waals surface area (Å²) in [4.78, 5) is 32.5. The van der Waals surface area contributed by atoms with Gasteiger partial charge in [0.15, 0.2) is 4.80 Å². The van der Waals surface area contributed by atoms with Crippen molar-refractivity contribution < 1.29 is 9.53 Å². The number of aromatic nitrogens is 3. The summed E-state index contributed by atoms with van der Waals surface area (Å²) in [5.41, 5.74) is 5.77. The number of thiazole rings is 1. The number of rotatable bonds is 6. The quantitative estimate of drug-likeness (QED) is 0.239. The Balaban J connectivity index is 1.56. The van der Waals surface area contributed by atoms with Crippen molar-refractivity contribution in [3.8, 4) is 16.9 Å². The SMILES string of the molecule is CCOC(=O)C1=C(C)N=c2s/c(=C\c3cn(-c4ccccc4)nc3-c3ccc(Cl)cc3)c(=O)n2[C@@H]1c1ccc(C)cc1. The maximum absolute atomic E-state index is 14.1. The van der Waals surface area contributed by atoms with Crippen molar-refractivity contribution in [3.05, 3.63) is 138 Å². The molecule has 0 saturated heterocycles. The van der Waals surface area contributed by atoms with Gasteiger partial charge in [-0.1, -0.05) is 83.1 Å². The first-order valence-electron chi connectivity index (χ1n) is 13.5. The molecule has 210 valence electrons. The summed E-state index contributed by atoms with van der Waals surface area (Å²) < 4.78 is 9.28. The van der Waals surface area contributed by atoms with Crippen LogP contribution in [0.25, 0.3) is 23.0 Å². The van der Waals surface area contributed by atoms with Crippen molar-refractivity contribution in [2.24, 2.45) is 4.99 Å². The van der Waals surface area contributed by atoms with Gasteiger partial charge >= 0.3 is 5.97 Å². The van der Waals surface area contributed by atoms with E-state index in [0.717, 1.165) is 27.9 Å². The highest BCUT2D eigenvalue weighted by Gasteiger charge is 2.33. The lowest BCUT2D eigenvalue weighted by Crippen LogP contribution is -2.39. The van der Waals surface area contributed by atoms with Crippen LogP contribution in [-0.2, 0) is 9.53 Å². The summed E-state index contributed by atoms with van der Waals surface area (Å²) >= 11 is 7.45. The summed E-state index contributed by atoms with van der Waals surface area (Å²) in [5.74, 6) is -0.479. The molecule has 9 heteroatoms. The molecule has 1 atom stereocenters. The van der Waals surface area contributed by atoms with Crippen molar-refractivity contribution in [2.45, 2.75) is 26.8 Å². The standard InChI is InChI=1S/C33H27ClN4O3S/c1-4-41-32(40)28-21(3)35-33-38(30(28)23-12-10-20(2)11-13-23)31(39)27(42-33)18-24-19-37(26-8-6-5-7-9-26)36-29(24)22-14-16-25(34)17-15-22/h5-19,30H,4H2,1-3H3/b27-18-/t30-/m1/s1. The number of hydrogen-bond acceptors (Lipinski definition) is 6. The molecule has 6 rings (SSSR count). The lowest BCUT2D eigenvalue weighted by molar-refractivity contribution is -0.139. The Morgan fingerprint density at radius 2 is 1.74 bits per heavy atom. The Labute approximate surface area is 251 Å². The van der Waals surface area contributed by atoms with Gasteiger partial charge in [0.2, 0.25) is 0 Å². The zero-order valence-corrected chi connectivity index (χ0v) is 24.8. The molecule has 0 spiro atoms. The van der Waals surface area contributed by atoms with Gasteiger partial charge in [0.1, 0.15) is 5.69 Å². The Hall–Kier alpha value is -4.53. The first kappa shape index (κ1) is 27.6. The van der Waals surface area contributed by atoms with Gasteiger partial charge in [-0.05, 0) is 56.7 Å². The van der Waals surface area contributed by atoms with E-state index in [9.17, 15) is 9.59 Å². The number of benzene rings is 3. The summed E-state index contributed by atoms with van der Waals surface area (Å²) in [6.07, 6.45) is 3.75. The van der Waals surface area contributed by atoms with Crippen LogP contribution in [-0.4, -0.2) is 26.9 Å². The van der Waals surface area contributed by atoms with E-state index in [1.165, 1.54) is 11.3 Å². The molecule has 2 aromatic heterocycles. The van der Waals surface area contributed by atoms with E-state index >= 15 is 0 Å². The van der Waals surface area contributed by atoms with Crippen LogP contribution in [0, 0.1) is 6.92 Å². The zero-order valence-electron chi connectivity index (χ0n) is 23.2. The smallest absolute Gasteiger partial charge is 0.338 e. The summed E-state index contributed by atoms with van der Waals surface area (Å²) in [5, 5.41) is 5.50. The number of esters is 1. The van der Waals surface area contributed by atoms with E-state index in [1.807, 2.05) is 98.1 Å². The molecule has 0 amide bonds.